The molecule has 7 heteroatoms. The molecule has 2 aliphatic rings. The summed E-state index contributed by atoms with van der Waals surface area (Å²) in [7, 11) is 2.17. The summed E-state index contributed by atoms with van der Waals surface area (Å²) in [5.41, 5.74) is 4.03. The predicted octanol–water partition coefficient (Wildman–Crippen LogP) is 4.07. The molecule has 2 fully saturated rings. The van der Waals surface area contributed by atoms with Gasteiger partial charge in [0, 0.05) is 43.6 Å². The Bertz CT molecular complexity index is 1310. The van der Waals surface area contributed by atoms with Crippen LogP contribution in [-0.2, 0) is 11.2 Å². The van der Waals surface area contributed by atoms with Crippen molar-refractivity contribution < 1.29 is 13.6 Å². The monoisotopic (exact) mass is 479 g/mol. The zero-order valence-electron chi connectivity index (χ0n) is 21.5. The van der Waals surface area contributed by atoms with E-state index in [0.29, 0.717) is 17.7 Å². The smallest absolute Gasteiger partial charge is 0.340 e. The largest absolute Gasteiger partial charge is 0.463 e. The Labute approximate surface area is 206 Å². The lowest BCUT2D eigenvalue weighted by Gasteiger charge is -2.49. The standard InChI is InChI=1S/C28H37N3O4/c1-18-14-22-25(26-24(18)19(2)16-34-26)20(3)21(27(33)35-22)15-23(32)29-17-28(8-6-5-7-9-28)31-12-10-30(4)11-13-31/h14,16H,5-13,15,17H2,1-4H3,(H,29,32). The van der Waals surface area contributed by atoms with Gasteiger partial charge in [0.05, 0.1) is 23.6 Å². The first-order valence-corrected chi connectivity index (χ1v) is 12.9. The molecule has 0 atom stereocenters. The average molecular weight is 480 g/mol. The third-order valence-corrected chi connectivity index (χ3v) is 8.38. The zero-order valence-corrected chi connectivity index (χ0v) is 21.5. The van der Waals surface area contributed by atoms with Crippen molar-refractivity contribution >= 4 is 27.8 Å². The average Bonchev–Trinajstić information content (AvgIpc) is 3.23. The molecule has 188 valence electrons. The molecule has 3 heterocycles. The number of hydrogen-bond acceptors (Lipinski definition) is 6. The fourth-order valence-electron chi connectivity index (χ4n) is 6.26. The second kappa shape index (κ2) is 9.43. The Kier molecular flexibility index (Phi) is 6.49. The van der Waals surface area contributed by atoms with Gasteiger partial charge in [-0.2, -0.15) is 0 Å². The molecule has 1 amide bonds. The molecule has 1 N–H and O–H groups in total. The molecule has 35 heavy (non-hydrogen) atoms. The lowest BCUT2D eigenvalue weighted by molar-refractivity contribution is -0.121. The van der Waals surface area contributed by atoms with E-state index in [1.807, 2.05) is 26.8 Å². The van der Waals surface area contributed by atoms with Crippen molar-refractivity contribution in [1.82, 2.24) is 15.1 Å². The van der Waals surface area contributed by atoms with Crippen LogP contribution in [0.3, 0.4) is 0 Å². The summed E-state index contributed by atoms with van der Waals surface area (Å²) in [4.78, 5) is 31.0. The Morgan fingerprint density at radius 1 is 1.03 bits per heavy atom. The Balaban J connectivity index is 1.39. The number of carbonyl (C=O) groups excluding carboxylic acids is 1. The molecular weight excluding hydrogens is 442 g/mol. The fraction of sp³-hybridized carbons (Fsp3) is 0.571. The van der Waals surface area contributed by atoms with Crippen LogP contribution in [0.15, 0.2) is 26.0 Å². The second-order valence-corrected chi connectivity index (χ2v) is 10.7. The van der Waals surface area contributed by atoms with Crippen LogP contribution in [0.1, 0.15) is 54.4 Å². The maximum Gasteiger partial charge on any atom is 0.340 e. The number of furan rings is 1. The molecule has 2 aromatic heterocycles. The van der Waals surface area contributed by atoms with Crippen molar-refractivity contribution in [2.75, 3.05) is 39.8 Å². The summed E-state index contributed by atoms with van der Waals surface area (Å²) >= 11 is 0. The van der Waals surface area contributed by atoms with Gasteiger partial charge in [-0.15, -0.1) is 0 Å². The molecule has 1 aliphatic heterocycles. The van der Waals surface area contributed by atoms with E-state index in [0.717, 1.165) is 72.1 Å². The number of fused-ring (bicyclic) bond motifs is 3. The number of likely N-dealkylation sites (N-methyl/N-ethyl adjacent to an activating group) is 1. The fourth-order valence-corrected chi connectivity index (χ4v) is 6.26. The van der Waals surface area contributed by atoms with Crippen LogP contribution in [0.4, 0.5) is 0 Å². The van der Waals surface area contributed by atoms with E-state index in [4.69, 9.17) is 8.83 Å². The molecule has 0 spiro atoms. The molecule has 0 radical (unpaired) electrons. The minimum Gasteiger partial charge on any atom is -0.463 e. The molecule has 1 aliphatic carbocycles. The highest BCUT2D eigenvalue weighted by Gasteiger charge is 2.39. The van der Waals surface area contributed by atoms with Crippen molar-refractivity contribution in [2.45, 2.75) is 64.8 Å². The molecular formula is C28H37N3O4. The first kappa shape index (κ1) is 24.1. The molecule has 1 aromatic carbocycles. The topological polar surface area (TPSA) is 78.9 Å². The highest BCUT2D eigenvalue weighted by Crippen LogP contribution is 2.35. The van der Waals surface area contributed by atoms with Crippen LogP contribution in [-0.4, -0.2) is 61.0 Å². The van der Waals surface area contributed by atoms with Gasteiger partial charge in [0.25, 0.3) is 0 Å². The van der Waals surface area contributed by atoms with Crippen molar-refractivity contribution in [1.29, 1.82) is 0 Å². The van der Waals surface area contributed by atoms with Crippen LogP contribution in [0, 0.1) is 20.8 Å². The van der Waals surface area contributed by atoms with Crippen molar-refractivity contribution in [3.8, 4) is 0 Å². The summed E-state index contributed by atoms with van der Waals surface area (Å²) < 4.78 is 11.6. The minimum absolute atomic E-state index is 0.0119. The SMILES string of the molecule is Cc1coc2c1c(C)cc1oc(=O)c(CC(=O)NCC3(N4CCN(C)CC4)CCCCC3)c(C)c12. The minimum atomic E-state index is -0.446. The van der Waals surface area contributed by atoms with Crippen molar-refractivity contribution in [3.63, 3.8) is 0 Å². The van der Waals surface area contributed by atoms with E-state index >= 15 is 0 Å². The van der Waals surface area contributed by atoms with E-state index in [9.17, 15) is 9.59 Å². The second-order valence-electron chi connectivity index (χ2n) is 10.7. The summed E-state index contributed by atoms with van der Waals surface area (Å²) in [6.07, 6.45) is 7.64. The third-order valence-electron chi connectivity index (χ3n) is 8.38. The first-order chi connectivity index (χ1) is 16.8. The van der Waals surface area contributed by atoms with Gasteiger partial charge in [-0.05, 0) is 63.4 Å². The molecule has 7 nitrogen and oxygen atoms in total. The maximum absolute atomic E-state index is 13.2. The van der Waals surface area contributed by atoms with Crippen LogP contribution >= 0.6 is 0 Å². The van der Waals surface area contributed by atoms with Gasteiger partial charge in [0.2, 0.25) is 5.91 Å². The number of hydrogen-bond donors (Lipinski definition) is 1. The summed E-state index contributed by atoms with van der Waals surface area (Å²) in [5, 5.41) is 5.02. The lowest BCUT2D eigenvalue weighted by atomic mass is 9.79. The quantitative estimate of drug-likeness (QED) is 0.556. The van der Waals surface area contributed by atoms with Crippen molar-refractivity contribution in [3.05, 3.63) is 45.0 Å². The third kappa shape index (κ3) is 4.40. The highest BCUT2D eigenvalue weighted by atomic mass is 16.4. The number of aryl methyl sites for hydroxylation is 3. The van der Waals surface area contributed by atoms with Crippen LogP contribution in [0.5, 0.6) is 0 Å². The summed E-state index contributed by atoms with van der Waals surface area (Å²) in [6.45, 7) is 10.7. The molecule has 0 unspecified atom stereocenters. The van der Waals surface area contributed by atoms with Crippen LogP contribution in [0.2, 0.25) is 0 Å². The van der Waals surface area contributed by atoms with E-state index in [1.165, 1.54) is 19.3 Å². The van der Waals surface area contributed by atoms with E-state index in [2.05, 4.69) is 22.2 Å². The lowest BCUT2D eigenvalue weighted by Crippen LogP contribution is -2.61. The number of nitrogens with zero attached hydrogens (tertiary/aromatic N) is 2. The summed E-state index contributed by atoms with van der Waals surface area (Å²) in [6, 6.07) is 1.89. The number of nitrogens with one attached hydrogen (secondary N) is 1. The van der Waals surface area contributed by atoms with E-state index in [-0.39, 0.29) is 17.9 Å². The van der Waals surface area contributed by atoms with Gasteiger partial charge in [0.1, 0.15) is 11.2 Å². The predicted molar refractivity (Wildman–Crippen MR) is 138 cm³/mol. The molecule has 0 bridgehead atoms. The van der Waals surface area contributed by atoms with Crippen LogP contribution in [0.25, 0.3) is 21.9 Å². The van der Waals surface area contributed by atoms with Gasteiger partial charge in [-0.3, -0.25) is 9.69 Å². The van der Waals surface area contributed by atoms with Crippen molar-refractivity contribution in [2.24, 2.45) is 0 Å². The van der Waals surface area contributed by atoms with Crippen LogP contribution < -0.4 is 10.9 Å². The normalized spacial score (nSPS) is 19.4. The van der Waals surface area contributed by atoms with Gasteiger partial charge in [-0.1, -0.05) is 19.3 Å². The number of carbonyl (C=O) groups is 1. The Morgan fingerprint density at radius 2 is 1.74 bits per heavy atom. The summed E-state index contributed by atoms with van der Waals surface area (Å²) in [5.74, 6) is -0.127. The van der Waals surface area contributed by atoms with Gasteiger partial charge >= 0.3 is 5.63 Å². The Hall–Kier alpha value is -2.64. The molecule has 3 aromatic rings. The number of piperazine rings is 1. The van der Waals surface area contributed by atoms with E-state index in [1.54, 1.807) is 6.26 Å². The van der Waals surface area contributed by atoms with Gasteiger partial charge in [0.15, 0.2) is 0 Å². The van der Waals surface area contributed by atoms with Gasteiger partial charge < -0.3 is 19.1 Å². The zero-order chi connectivity index (χ0) is 24.7. The molecule has 1 saturated heterocycles. The highest BCUT2D eigenvalue weighted by molar-refractivity contribution is 6.07. The number of benzene rings is 1. The number of rotatable bonds is 5. The maximum atomic E-state index is 13.2. The van der Waals surface area contributed by atoms with Gasteiger partial charge in [-0.25, -0.2) is 4.79 Å². The first-order valence-electron chi connectivity index (χ1n) is 12.9. The molecule has 5 rings (SSSR count). The molecule has 1 saturated carbocycles. The number of amides is 1. The Morgan fingerprint density at radius 3 is 2.46 bits per heavy atom. The van der Waals surface area contributed by atoms with E-state index < -0.39 is 5.63 Å².